The van der Waals surface area contributed by atoms with E-state index in [9.17, 15) is 10.2 Å². The van der Waals surface area contributed by atoms with Crippen LogP contribution in [0.25, 0.3) is 0 Å². The van der Waals surface area contributed by atoms with Gasteiger partial charge in [-0.05, 0) is 55.4 Å². The molecule has 0 spiro atoms. The molecule has 8 heteroatoms. The van der Waals surface area contributed by atoms with Crippen LogP contribution in [0.15, 0.2) is 28.5 Å². The van der Waals surface area contributed by atoms with Gasteiger partial charge in [-0.15, -0.1) is 0 Å². The summed E-state index contributed by atoms with van der Waals surface area (Å²) in [6, 6.07) is 4.98. The fourth-order valence-corrected chi connectivity index (χ4v) is 5.80. The summed E-state index contributed by atoms with van der Waals surface area (Å²) in [6.07, 6.45) is 6.82. The number of amidine groups is 1. The number of fused-ring (bicyclic) bond motifs is 1. The van der Waals surface area contributed by atoms with Gasteiger partial charge in [0.1, 0.15) is 5.84 Å². The van der Waals surface area contributed by atoms with E-state index < -0.39 is 0 Å². The average molecular weight is 479 g/mol. The number of hydrogen-bond acceptors (Lipinski definition) is 6. The predicted molar refractivity (Wildman–Crippen MR) is 139 cm³/mol. The first-order valence-electron chi connectivity index (χ1n) is 13.0. The summed E-state index contributed by atoms with van der Waals surface area (Å²) >= 11 is 0. The van der Waals surface area contributed by atoms with Crippen molar-refractivity contribution in [3.8, 4) is 0 Å². The summed E-state index contributed by atoms with van der Waals surface area (Å²) < 4.78 is 5.54. The van der Waals surface area contributed by atoms with Crippen molar-refractivity contribution in [2.75, 3.05) is 51.3 Å². The molecule has 1 aromatic rings. The maximum absolute atomic E-state index is 12.2. The van der Waals surface area contributed by atoms with Crippen LogP contribution in [0.1, 0.15) is 55.2 Å². The van der Waals surface area contributed by atoms with Crippen LogP contribution in [0.3, 0.4) is 0 Å². The lowest BCUT2D eigenvalue weighted by atomic mass is 9.89. The average Bonchev–Trinajstić information content (AvgIpc) is 3.29. The monoisotopic (exact) mass is 478 g/mol. The minimum absolute atomic E-state index is 0.0724. The molecule has 4 aliphatic rings. The highest BCUT2D eigenvalue weighted by molar-refractivity contribution is 6.09. The predicted octanol–water partition coefficient (Wildman–Crippen LogP) is 3.01. The third-order valence-electron chi connectivity index (χ3n) is 7.84. The van der Waals surface area contributed by atoms with E-state index in [2.05, 4.69) is 40.6 Å². The third-order valence-corrected chi connectivity index (χ3v) is 7.84. The first-order valence-corrected chi connectivity index (χ1v) is 13.0. The van der Waals surface area contributed by atoms with E-state index in [1.54, 1.807) is 6.92 Å². The van der Waals surface area contributed by atoms with Crippen LogP contribution in [0.2, 0.25) is 0 Å². The number of amides is 1. The molecule has 0 saturated carbocycles. The van der Waals surface area contributed by atoms with Crippen LogP contribution in [0, 0.1) is 12.3 Å². The number of ether oxygens (including phenoxy) is 1. The second-order valence-corrected chi connectivity index (χ2v) is 10.3. The summed E-state index contributed by atoms with van der Waals surface area (Å²) in [5.41, 5.74) is 7.12. The number of carbonyl (C=O) groups excluding carboxylic acids is 1. The minimum atomic E-state index is 0.0724. The molecule has 1 atom stereocenters. The molecule has 35 heavy (non-hydrogen) atoms. The highest BCUT2D eigenvalue weighted by Gasteiger charge is 2.31. The van der Waals surface area contributed by atoms with E-state index in [1.165, 1.54) is 16.7 Å². The van der Waals surface area contributed by atoms with Gasteiger partial charge in [0.25, 0.3) is 0 Å². The molecule has 188 valence electrons. The number of carbonyl (C=O) groups is 1. The Morgan fingerprint density at radius 2 is 2.00 bits per heavy atom. The lowest BCUT2D eigenvalue weighted by Crippen LogP contribution is -2.46. The molecule has 1 unspecified atom stereocenters. The van der Waals surface area contributed by atoms with E-state index in [-0.39, 0.29) is 5.91 Å². The normalized spacial score (nSPS) is 23.1. The Labute approximate surface area is 208 Å². The van der Waals surface area contributed by atoms with Crippen LogP contribution in [-0.4, -0.2) is 80.3 Å². The fraction of sp³-hybridized carbons (Fsp3) is 0.593. The number of hydrazone groups is 1. The molecule has 0 aliphatic carbocycles. The Bertz CT molecular complexity index is 1060. The zero-order valence-corrected chi connectivity index (χ0v) is 21.3. The Balaban J connectivity index is 1.45. The largest absolute Gasteiger partial charge is 0.385 e. The van der Waals surface area contributed by atoms with Gasteiger partial charge in [0.15, 0.2) is 0 Å². The summed E-state index contributed by atoms with van der Waals surface area (Å²) in [7, 11) is 2.02. The Hall–Kier alpha value is -2.87. The van der Waals surface area contributed by atoms with E-state index in [0.29, 0.717) is 30.9 Å². The van der Waals surface area contributed by atoms with Crippen molar-refractivity contribution < 1.29 is 9.53 Å². The molecule has 1 aromatic carbocycles. The second kappa shape index (κ2) is 10.0. The van der Waals surface area contributed by atoms with Crippen molar-refractivity contribution in [3.63, 3.8) is 0 Å². The maximum Gasteiger partial charge on any atom is 0.219 e. The third kappa shape index (κ3) is 4.94. The molecule has 8 nitrogen and oxygen atoms in total. The first-order chi connectivity index (χ1) is 16.9. The fourth-order valence-electron chi connectivity index (χ4n) is 5.80. The molecule has 1 fully saturated rings. The van der Waals surface area contributed by atoms with E-state index >= 15 is 0 Å². The topological polar surface area (TPSA) is 84.3 Å². The molecule has 4 aliphatic heterocycles. The van der Waals surface area contributed by atoms with Crippen LogP contribution in [-0.2, 0) is 16.0 Å². The van der Waals surface area contributed by atoms with Gasteiger partial charge < -0.3 is 19.9 Å². The number of aryl methyl sites for hydroxylation is 2. The van der Waals surface area contributed by atoms with Crippen molar-refractivity contribution in [2.45, 2.75) is 57.9 Å². The van der Waals surface area contributed by atoms with Gasteiger partial charge >= 0.3 is 0 Å². The van der Waals surface area contributed by atoms with Gasteiger partial charge in [-0.25, -0.2) is 0 Å². The molecule has 1 saturated heterocycles. The number of nitrogens with one attached hydrogen (secondary N) is 2. The summed E-state index contributed by atoms with van der Waals surface area (Å²) in [5, 5.41) is 19.5. The summed E-state index contributed by atoms with van der Waals surface area (Å²) in [4.78, 5) is 16.3. The number of nitrogens with zero attached hydrogens (tertiary/aromatic N) is 4. The first kappa shape index (κ1) is 23.9. The van der Waals surface area contributed by atoms with Gasteiger partial charge in [0.05, 0.1) is 6.54 Å². The Morgan fingerprint density at radius 1 is 1.20 bits per heavy atom. The van der Waals surface area contributed by atoms with Crippen molar-refractivity contribution in [2.24, 2.45) is 5.10 Å². The Kier molecular flexibility index (Phi) is 6.82. The second-order valence-electron chi connectivity index (χ2n) is 10.3. The van der Waals surface area contributed by atoms with Crippen molar-refractivity contribution in [3.05, 3.63) is 40.1 Å². The smallest absolute Gasteiger partial charge is 0.219 e. The van der Waals surface area contributed by atoms with Crippen molar-refractivity contribution >= 4 is 23.6 Å². The molecular weight excluding hydrogens is 440 g/mol. The van der Waals surface area contributed by atoms with Crippen LogP contribution >= 0.6 is 0 Å². The van der Waals surface area contributed by atoms with E-state index in [0.717, 1.165) is 75.4 Å². The number of hydrogen-bond donors (Lipinski definition) is 2. The van der Waals surface area contributed by atoms with E-state index in [4.69, 9.17) is 4.74 Å². The molecule has 1 amide bonds. The van der Waals surface area contributed by atoms with Crippen LogP contribution in [0.4, 0.5) is 5.69 Å². The number of anilines is 1. The molecule has 4 heterocycles. The quantitative estimate of drug-likeness (QED) is 0.513. The van der Waals surface area contributed by atoms with Gasteiger partial charge in [-0.3, -0.25) is 15.2 Å². The van der Waals surface area contributed by atoms with Crippen molar-refractivity contribution in [1.82, 2.24) is 15.2 Å². The molecule has 0 aromatic heterocycles. The SMILES string of the molecule is CC(=O)N1CCC(NC2CCOCC2)=C(C(=N)N2CCCc3cc(C4C=NN(C)C4)c(C)cc32)C1. The number of benzene rings is 1. The summed E-state index contributed by atoms with van der Waals surface area (Å²) in [5.74, 6) is 0.921. The lowest BCUT2D eigenvalue weighted by Gasteiger charge is -2.38. The van der Waals surface area contributed by atoms with Crippen LogP contribution < -0.4 is 10.2 Å². The standard InChI is InChI=1S/C27H38N6O2/c1-18-13-26-20(14-23(18)21-15-29-31(3)16-21)5-4-9-33(26)27(28)24-17-32(19(2)34)10-6-25(24)30-22-7-11-35-12-8-22/h13-15,21-22,28,30H,4-12,16-17H2,1-3H3. The summed E-state index contributed by atoms with van der Waals surface area (Å²) in [6.45, 7) is 8.29. The molecule has 2 N–H and O–H groups in total. The maximum atomic E-state index is 12.2. The number of rotatable bonds is 4. The molecule has 0 bridgehead atoms. The van der Waals surface area contributed by atoms with Gasteiger partial charge in [-0.1, -0.05) is 6.07 Å². The molecule has 0 radical (unpaired) electrons. The van der Waals surface area contributed by atoms with Gasteiger partial charge in [-0.2, -0.15) is 5.10 Å². The lowest BCUT2D eigenvalue weighted by molar-refractivity contribution is -0.128. The zero-order valence-electron chi connectivity index (χ0n) is 21.3. The van der Waals surface area contributed by atoms with E-state index in [1.807, 2.05) is 17.0 Å². The zero-order chi connectivity index (χ0) is 24.5. The van der Waals surface area contributed by atoms with Gasteiger partial charge in [0.2, 0.25) is 5.91 Å². The van der Waals surface area contributed by atoms with Crippen molar-refractivity contribution in [1.29, 1.82) is 5.41 Å². The van der Waals surface area contributed by atoms with Gasteiger partial charge in [0, 0.05) is 88.4 Å². The highest BCUT2D eigenvalue weighted by Crippen LogP contribution is 2.35. The number of likely N-dealkylation sites (N-methyl/N-ethyl adjacent to an activating group) is 1. The molecule has 5 rings (SSSR count). The highest BCUT2D eigenvalue weighted by atomic mass is 16.5. The van der Waals surface area contributed by atoms with Crippen LogP contribution in [0.5, 0.6) is 0 Å². The molecular formula is C27H38N6O2. The Morgan fingerprint density at radius 3 is 2.71 bits per heavy atom. The minimum Gasteiger partial charge on any atom is -0.385 e.